The van der Waals surface area contributed by atoms with E-state index in [0.717, 1.165) is 0 Å². The molecule has 0 radical (unpaired) electrons. The molecule has 2 aromatic rings. The lowest BCUT2D eigenvalue weighted by molar-refractivity contribution is -0.385. The zero-order valence-corrected chi connectivity index (χ0v) is 18.6. The number of nitrogens with one attached hydrogen (secondary N) is 1. The molecule has 0 saturated carbocycles. The van der Waals surface area contributed by atoms with E-state index in [4.69, 9.17) is 14.2 Å². The van der Waals surface area contributed by atoms with E-state index in [1.807, 2.05) is 18.2 Å². The van der Waals surface area contributed by atoms with Gasteiger partial charge in [-0.05, 0) is 25.0 Å². The van der Waals surface area contributed by atoms with Crippen molar-refractivity contribution in [2.24, 2.45) is 5.92 Å². The number of hydrogen-bond acceptors (Lipinski definition) is 7. The number of carbonyl (C=O) groups is 2. The third-order valence-electron chi connectivity index (χ3n) is 5.37. The summed E-state index contributed by atoms with van der Waals surface area (Å²) in [6, 6.07) is 11.6. The number of anilines is 1. The molecule has 1 N–H and O–H groups in total. The van der Waals surface area contributed by atoms with Gasteiger partial charge in [-0.25, -0.2) is 0 Å². The number of nitrogens with zero attached hydrogens (tertiary/aromatic N) is 2. The fraction of sp³-hybridized carbons (Fsp3) is 0.391. The van der Waals surface area contributed by atoms with Crippen LogP contribution >= 0.6 is 0 Å². The highest BCUT2D eigenvalue weighted by atomic mass is 16.6. The summed E-state index contributed by atoms with van der Waals surface area (Å²) in [6.07, 6.45) is 1.24. The van der Waals surface area contributed by atoms with E-state index in [-0.39, 0.29) is 48.4 Å². The molecule has 176 valence electrons. The number of ether oxygens (including phenoxy) is 3. The Morgan fingerprint density at radius 3 is 2.58 bits per heavy atom. The van der Waals surface area contributed by atoms with Crippen molar-refractivity contribution in [3.63, 3.8) is 0 Å². The Hall–Kier alpha value is -3.66. The molecule has 1 aliphatic heterocycles. The Kier molecular flexibility index (Phi) is 8.20. The van der Waals surface area contributed by atoms with Gasteiger partial charge in [-0.1, -0.05) is 18.2 Å². The summed E-state index contributed by atoms with van der Waals surface area (Å²) in [7, 11) is 2.90. The molecule has 10 nitrogen and oxygen atoms in total. The second kappa shape index (κ2) is 11.3. The van der Waals surface area contributed by atoms with Crippen LogP contribution in [0.4, 0.5) is 11.4 Å². The van der Waals surface area contributed by atoms with E-state index in [2.05, 4.69) is 5.32 Å². The van der Waals surface area contributed by atoms with E-state index < -0.39 is 16.7 Å². The number of rotatable bonds is 9. The average Bonchev–Trinajstić information content (AvgIpc) is 2.84. The van der Waals surface area contributed by atoms with Crippen molar-refractivity contribution in [3.05, 3.63) is 58.1 Å². The maximum absolute atomic E-state index is 13.3. The Morgan fingerprint density at radius 2 is 1.91 bits per heavy atom. The van der Waals surface area contributed by atoms with Crippen molar-refractivity contribution in [2.45, 2.75) is 12.8 Å². The first kappa shape index (κ1) is 24.0. The quantitative estimate of drug-likeness (QED) is 0.349. The van der Waals surface area contributed by atoms with Crippen LogP contribution in [0.3, 0.4) is 0 Å². The van der Waals surface area contributed by atoms with Crippen LogP contribution < -0.4 is 14.8 Å². The maximum Gasteiger partial charge on any atom is 0.286 e. The van der Waals surface area contributed by atoms with Crippen molar-refractivity contribution in [3.8, 4) is 11.5 Å². The number of benzene rings is 2. The summed E-state index contributed by atoms with van der Waals surface area (Å²) in [5.74, 6) is -0.777. The van der Waals surface area contributed by atoms with Gasteiger partial charge in [-0.2, -0.15) is 0 Å². The number of nitro benzene ring substituents is 1. The van der Waals surface area contributed by atoms with Gasteiger partial charge in [0.2, 0.25) is 5.91 Å². The lowest BCUT2D eigenvalue weighted by Crippen LogP contribution is -2.44. The van der Waals surface area contributed by atoms with Crippen molar-refractivity contribution in [2.75, 3.05) is 45.8 Å². The van der Waals surface area contributed by atoms with Crippen LogP contribution in [-0.2, 0) is 9.53 Å². The predicted molar refractivity (Wildman–Crippen MR) is 121 cm³/mol. The van der Waals surface area contributed by atoms with Crippen LogP contribution in [0.15, 0.2) is 42.5 Å². The molecule has 1 atom stereocenters. The number of para-hydroxylation sites is 1. The number of nitro groups is 1. The minimum Gasteiger partial charge on any atom is -0.493 e. The fourth-order valence-corrected chi connectivity index (χ4v) is 3.69. The van der Waals surface area contributed by atoms with Crippen molar-refractivity contribution in [1.29, 1.82) is 0 Å². The molecule has 3 rings (SSSR count). The first-order chi connectivity index (χ1) is 15.9. The van der Waals surface area contributed by atoms with Crippen LogP contribution in [0.5, 0.6) is 11.5 Å². The minimum absolute atomic E-state index is 0.111. The third-order valence-corrected chi connectivity index (χ3v) is 5.37. The van der Waals surface area contributed by atoms with Gasteiger partial charge in [-0.3, -0.25) is 19.7 Å². The molecule has 33 heavy (non-hydrogen) atoms. The van der Waals surface area contributed by atoms with E-state index in [0.29, 0.717) is 25.1 Å². The largest absolute Gasteiger partial charge is 0.493 e. The highest BCUT2D eigenvalue weighted by molar-refractivity contribution is 6.00. The van der Waals surface area contributed by atoms with Crippen LogP contribution in [0.2, 0.25) is 0 Å². The zero-order chi connectivity index (χ0) is 23.8. The van der Waals surface area contributed by atoms with Gasteiger partial charge in [0.1, 0.15) is 12.2 Å². The SMILES string of the molecule is COCCOc1cc([N+](=O)[O-])c(C(=O)N2CCC[C@@H](C(=O)Nc3ccccc3)C2)cc1OC. The highest BCUT2D eigenvalue weighted by Gasteiger charge is 2.33. The molecule has 0 unspecified atom stereocenters. The molecule has 0 aromatic heterocycles. The molecule has 1 aliphatic rings. The fourth-order valence-electron chi connectivity index (χ4n) is 3.69. The Morgan fingerprint density at radius 1 is 1.15 bits per heavy atom. The smallest absolute Gasteiger partial charge is 0.286 e. The summed E-state index contributed by atoms with van der Waals surface area (Å²) in [6.45, 7) is 1.03. The zero-order valence-electron chi connectivity index (χ0n) is 18.6. The topological polar surface area (TPSA) is 120 Å². The summed E-state index contributed by atoms with van der Waals surface area (Å²) < 4.78 is 15.7. The second-order valence-corrected chi connectivity index (χ2v) is 7.56. The minimum atomic E-state index is -0.626. The molecule has 0 spiro atoms. The number of hydrogen-bond donors (Lipinski definition) is 1. The first-order valence-electron chi connectivity index (χ1n) is 10.6. The molecule has 0 bridgehead atoms. The number of carbonyl (C=O) groups excluding carboxylic acids is 2. The highest BCUT2D eigenvalue weighted by Crippen LogP contribution is 2.36. The summed E-state index contributed by atoms with van der Waals surface area (Å²) in [5.41, 5.74) is 0.180. The van der Waals surface area contributed by atoms with E-state index in [9.17, 15) is 19.7 Å². The van der Waals surface area contributed by atoms with E-state index in [1.165, 1.54) is 31.3 Å². The Labute approximate surface area is 191 Å². The van der Waals surface area contributed by atoms with E-state index in [1.54, 1.807) is 12.1 Å². The molecule has 2 amide bonds. The van der Waals surface area contributed by atoms with E-state index >= 15 is 0 Å². The van der Waals surface area contributed by atoms with Crippen molar-refractivity contribution < 1.29 is 28.7 Å². The first-order valence-corrected chi connectivity index (χ1v) is 10.6. The predicted octanol–water partition coefficient (Wildman–Crippen LogP) is 3.12. The van der Waals surface area contributed by atoms with Crippen LogP contribution in [0.1, 0.15) is 23.2 Å². The van der Waals surface area contributed by atoms with Gasteiger partial charge in [-0.15, -0.1) is 0 Å². The molecule has 2 aromatic carbocycles. The number of methoxy groups -OCH3 is 2. The van der Waals surface area contributed by atoms with Gasteiger partial charge in [0.15, 0.2) is 11.5 Å². The van der Waals surface area contributed by atoms with Gasteiger partial charge in [0.25, 0.3) is 11.6 Å². The maximum atomic E-state index is 13.3. The molecule has 1 saturated heterocycles. The van der Waals surface area contributed by atoms with Gasteiger partial charge < -0.3 is 24.4 Å². The van der Waals surface area contributed by atoms with Gasteiger partial charge in [0.05, 0.1) is 30.6 Å². The molecule has 1 fully saturated rings. The summed E-state index contributed by atoms with van der Waals surface area (Å²) >= 11 is 0. The van der Waals surface area contributed by atoms with Crippen LogP contribution in [0, 0.1) is 16.0 Å². The number of likely N-dealkylation sites (tertiary alicyclic amines) is 1. The number of piperidine rings is 1. The van der Waals surface area contributed by atoms with Crippen molar-refractivity contribution >= 4 is 23.2 Å². The molecule has 10 heteroatoms. The summed E-state index contributed by atoms with van der Waals surface area (Å²) in [5, 5.41) is 14.6. The second-order valence-electron chi connectivity index (χ2n) is 7.56. The molecule has 1 heterocycles. The van der Waals surface area contributed by atoms with Crippen LogP contribution in [0.25, 0.3) is 0 Å². The molecular formula is C23H27N3O7. The summed E-state index contributed by atoms with van der Waals surface area (Å²) in [4.78, 5) is 38.5. The monoisotopic (exact) mass is 457 g/mol. The van der Waals surface area contributed by atoms with Gasteiger partial charge >= 0.3 is 0 Å². The third kappa shape index (κ3) is 5.98. The lowest BCUT2D eigenvalue weighted by Gasteiger charge is -2.32. The molecule has 0 aliphatic carbocycles. The normalized spacial score (nSPS) is 15.6. The van der Waals surface area contributed by atoms with Crippen molar-refractivity contribution in [1.82, 2.24) is 4.90 Å². The average molecular weight is 457 g/mol. The molecular weight excluding hydrogens is 430 g/mol. The Balaban J connectivity index is 1.79. The Bertz CT molecular complexity index is 997. The number of amides is 2. The van der Waals surface area contributed by atoms with Gasteiger partial charge in [0, 0.05) is 32.0 Å². The van der Waals surface area contributed by atoms with Crippen LogP contribution in [-0.4, -0.2) is 62.2 Å². The standard InChI is InChI=1S/C23H27N3O7/c1-31-11-12-33-21-14-19(26(29)30)18(13-20(21)32-2)23(28)25-10-6-7-16(15-25)22(27)24-17-8-4-3-5-9-17/h3-5,8-9,13-14,16H,6-7,10-12,15H2,1-2H3,(H,24,27)/t16-/m1/s1. The lowest BCUT2D eigenvalue weighted by atomic mass is 9.96.